The van der Waals surface area contributed by atoms with Gasteiger partial charge in [-0.3, -0.25) is 4.79 Å². The lowest BCUT2D eigenvalue weighted by Gasteiger charge is -2.33. The molecule has 88 valence electrons. The van der Waals surface area contributed by atoms with Crippen molar-refractivity contribution in [2.45, 2.75) is 45.6 Å². The Kier molecular flexibility index (Phi) is 5.09. The van der Waals surface area contributed by atoms with E-state index >= 15 is 0 Å². The number of hydrogen-bond acceptors (Lipinski definition) is 3. The van der Waals surface area contributed by atoms with Crippen LogP contribution in [0.5, 0.6) is 0 Å². The maximum absolute atomic E-state index is 11.3. The molecule has 15 heavy (non-hydrogen) atoms. The van der Waals surface area contributed by atoms with Crippen molar-refractivity contribution in [1.29, 1.82) is 0 Å². The molecule has 0 amide bonds. The van der Waals surface area contributed by atoms with Crippen molar-refractivity contribution in [2.24, 2.45) is 5.92 Å². The van der Waals surface area contributed by atoms with Crippen LogP contribution in [0.2, 0.25) is 0 Å². The molecule has 1 aliphatic rings. The monoisotopic (exact) mass is 213 g/mol. The van der Waals surface area contributed by atoms with Crippen LogP contribution in [0.25, 0.3) is 0 Å². The third kappa shape index (κ3) is 4.20. The van der Waals surface area contributed by atoms with Gasteiger partial charge in [-0.25, -0.2) is 0 Å². The average molecular weight is 213 g/mol. The van der Waals surface area contributed by atoms with Gasteiger partial charge in [0.1, 0.15) is 0 Å². The van der Waals surface area contributed by atoms with E-state index in [1.807, 2.05) is 6.92 Å². The fourth-order valence-corrected chi connectivity index (χ4v) is 1.88. The average Bonchev–Trinajstić information content (AvgIpc) is 2.11. The van der Waals surface area contributed by atoms with Crippen LogP contribution in [-0.2, 0) is 9.53 Å². The van der Waals surface area contributed by atoms with E-state index in [4.69, 9.17) is 4.74 Å². The SMILES string of the molecule is CCOC(=O)CC(C)N(C)CC1CCC1. The fraction of sp³-hybridized carbons (Fsp3) is 0.917. The summed E-state index contributed by atoms with van der Waals surface area (Å²) < 4.78 is 4.94. The highest BCUT2D eigenvalue weighted by atomic mass is 16.5. The summed E-state index contributed by atoms with van der Waals surface area (Å²) in [5.74, 6) is 0.783. The Bertz CT molecular complexity index is 202. The summed E-state index contributed by atoms with van der Waals surface area (Å²) in [7, 11) is 2.10. The second-order valence-corrected chi connectivity index (χ2v) is 4.59. The van der Waals surface area contributed by atoms with Gasteiger partial charge in [-0.15, -0.1) is 0 Å². The van der Waals surface area contributed by atoms with Crippen molar-refractivity contribution in [3.8, 4) is 0 Å². The Hall–Kier alpha value is -0.570. The zero-order valence-corrected chi connectivity index (χ0v) is 10.2. The summed E-state index contributed by atoms with van der Waals surface area (Å²) in [6.07, 6.45) is 4.61. The predicted molar refractivity (Wildman–Crippen MR) is 60.7 cm³/mol. The standard InChI is InChI=1S/C12H23NO2/c1-4-15-12(14)8-10(2)13(3)9-11-6-5-7-11/h10-11H,4-9H2,1-3H3. The van der Waals surface area contributed by atoms with Crippen LogP contribution in [0, 0.1) is 5.92 Å². The van der Waals surface area contributed by atoms with Gasteiger partial charge in [-0.2, -0.15) is 0 Å². The lowest BCUT2D eigenvalue weighted by atomic mass is 9.85. The number of ether oxygens (including phenoxy) is 1. The molecule has 0 aromatic carbocycles. The molecule has 1 fully saturated rings. The molecular formula is C12H23NO2. The summed E-state index contributed by atoms with van der Waals surface area (Å²) in [6, 6.07) is 0.296. The van der Waals surface area contributed by atoms with Gasteiger partial charge in [0.2, 0.25) is 0 Å². The molecule has 0 radical (unpaired) electrons. The molecule has 0 N–H and O–H groups in total. The van der Waals surface area contributed by atoms with Crippen molar-refractivity contribution >= 4 is 5.97 Å². The second kappa shape index (κ2) is 6.11. The maximum atomic E-state index is 11.3. The zero-order valence-electron chi connectivity index (χ0n) is 10.2. The number of nitrogens with zero attached hydrogens (tertiary/aromatic N) is 1. The molecule has 0 bridgehead atoms. The Morgan fingerprint density at radius 3 is 2.67 bits per heavy atom. The number of carbonyl (C=O) groups excluding carboxylic acids is 1. The Balaban J connectivity index is 2.19. The summed E-state index contributed by atoms with van der Waals surface area (Å²) in [5, 5.41) is 0. The number of hydrogen-bond donors (Lipinski definition) is 0. The van der Waals surface area contributed by atoms with E-state index in [1.165, 1.54) is 19.3 Å². The van der Waals surface area contributed by atoms with Crippen LogP contribution in [0.3, 0.4) is 0 Å². The molecule has 0 heterocycles. The molecule has 1 atom stereocenters. The first-order chi connectivity index (χ1) is 7.13. The van der Waals surface area contributed by atoms with Crippen molar-refractivity contribution in [3.63, 3.8) is 0 Å². The van der Waals surface area contributed by atoms with E-state index in [2.05, 4.69) is 18.9 Å². The third-order valence-electron chi connectivity index (χ3n) is 3.29. The first-order valence-corrected chi connectivity index (χ1v) is 5.99. The highest BCUT2D eigenvalue weighted by Crippen LogP contribution is 2.27. The fourth-order valence-electron chi connectivity index (χ4n) is 1.88. The molecule has 3 nitrogen and oxygen atoms in total. The number of esters is 1. The summed E-state index contributed by atoms with van der Waals surface area (Å²) in [6.45, 7) is 5.55. The lowest BCUT2D eigenvalue weighted by molar-refractivity contribution is -0.144. The van der Waals surface area contributed by atoms with E-state index in [9.17, 15) is 4.79 Å². The third-order valence-corrected chi connectivity index (χ3v) is 3.29. The normalized spacial score (nSPS) is 18.7. The highest BCUT2D eigenvalue weighted by Gasteiger charge is 2.22. The number of carbonyl (C=O) groups is 1. The molecule has 1 saturated carbocycles. The Morgan fingerprint density at radius 1 is 1.53 bits per heavy atom. The topological polar surface area (TPSA) is 29.5 Å². The summed E-state index contributed by atoms with van der Waals surface area (Å²) in [5.41, 5.74) is 0. The number of rotatable bonds is 6. The summed E-state index contributed by atoms with van der Waals surface area (Å²) >= 11 is 0. The molecule has 0 spiro atoms. The molecule has 3 heteroatoms. The molecule has 0 saturated heterocycles. The molecule has 0 aromatic heterocycles. The van der Waals surface area contributed by atoms with Crippen LogP contribution >= 0.6 is 0 Å². The minimum absolute atomic E-state index is 0.0783. The van der Waals surface area contributed by atoms with Gasteiger partial charge in [0, 0.05) is 12.6 Å². The van der Waals surface area contributed by atoms with Gasteiger partial charge >= 0.3 is 5.97 Å². The van der Waals surface area contributed by atoms with E-state index in [0.29, 0.717) is 19.1 Å². The van der Waals surface area contributed by atoms with E-state index < -0.39 is 0 Å². The molecule has 1 unspecified atom stereocenters. The minimum Gasteiger partial charge on any atom is -0.466 e. The van der Waals surface area contributed by atoms with Crippen LogP contribution in [-0.4, -0.2) is 37.1 Å². The predicted octanol–water partition coefficient (Wildman–Crippen LogP) is 2.06. The van der Waals surface area contributed by atoms with Crippen LogP contribution in [0.15, 0.2) is 0 Å². The van der Waals surface area contributed by atoms with Crippen LogP contribution in [0.1, 0.15) is 39.5 Å². The molecule has 0 aromatic rings. The van der Waals surface area contributed by atoms with Gasteiger partial charge < -0.3 is 9.64 Å². The molecule has 1 aliphatic carbocycles. The summed E-state index contributed by atoms with van der Waals surface area (Å²) in [4.78, 5) is 13.6. The highest BCUT2D eigenvalue weighted by molar-refractivity contribution is 5.69. The van der Waals surface area contributed by atoms with Gasteiger partial charge in [0.25, 0.3) is 0 Å². The van der Waals surface area contributed by atoms with Gasteiger partial charge in [-0.1, -0.05) is 6.42 Å². The molecule has 0 aliphatic heterocycles. The lowest BCUT2D eigenvalue weighted by Crippen LogP contribution is -2.37. The van der Waals surface area contributed by atoms with Gasteiger partial charge in [0.15, 0.2) is 0 Å². The van der Waals surface area contributed by atoms with Gasteiger partial charge in [-0.05, 0) is 39.7 Å². The van der Waals surface area contributed by atoms with Crippen LogP contribution in [0.4, 0.5) is 0 Å². The smallest absolute Gasteiger partial charge is 0.307 e. The van der Waals surface area contributed by atoms with Crippen LogP contribution < -0.4 is 0 Å². The van der Waals surface area contributed by atoms with Crippen molar-refractivity contribution in [1.82, 2.24) is 4.90 Å². The van der Waals surface area contributed by atoms with E-state index in [-0.39, 0.29) is 5.97 Å². The Morgan fingerprint density at radius 2 is 2.20 bits per heavy atom. The minimum atomic E-state index is -0.0783. The maximum Gasteiger partial charge on any atom is 0.307 e. The van der Waals surface area contributed by atoms with Gasteiger partial charge in [0.05, 0.1) is 13.0 Å². The van der Waals surface area contributed by atoms with Crippen molar-refractivity contribution in [2.75, 3.05) is 20.2 Å². The first-order valence-electron chi connectivity index (χ1n) is 5.99. The quantitative estimate of drug-likeness (QED) is 0.632. The van der Waals surface area contributed by atoms with Crippen molar-refractivity contribution < 1.29 is 9.53 Å². The first kappa shape index (κ1) is 12.5. The van der Waals surface area contributed by atoms with E-state index in [0.717, 1.165) is 12.5 Å². The molecular weight excluding hydrogens is 190 g/mol. The zero-order chi connectivity index (χ0) is 11.3. The Labute approximate surface area is 92.8 Å². The molecule has 1 rings (SSSR count). The van der Waals surface area contributed by atoms with E-state index in [1.54, 1.807) is 0 Å². The van der Waals surface area contributed by atoms with Crippen molar-refractivity contribution in [3.05, 3.63) is 0 Å². The largest absolute Gasteiger partial charge is 0.466 e. The second-order valence-electron chi connectivity index (χ2n) is 4.59.